The minimum atomic E-state index is -0.292. The van der Waals surface area contributed by atoms with Gasteiger partial charge < -0.3 is 4.42 Å². The van der Waals surface area contributed by atoms with Gasteiger partial charge in [0.05, 0.1) is 18.4 Å². The van der Waals surface area contributed by atoms with E-state index in [9.17, 15) is 4.79 Å². The maximum Gasteiger partial charge on any atom is 0.268 e. The monoisotopic (exact) mass is 237 g/mol. The highest BCUT2D eigenvalue weighted by Crippen LogP contribution is 2.22. The molecule has 0 saturated carbocycles. The molecule has 1 saturated heterocycles. The van der Waals surface area contributed by atoms with Crippen LogP contribution in [0, 0.1) is 5.92 Å². The number of rotatable bonds is 4. The third-order valence-corrected chi connectivity index (χ3v) is 3.44. The summed E-state index contributed by atoms with van der Waals surface area (Å²) < 4.78 is 5.36. The molecule has 1 fully saturated rings. The molecule has 5 nitrogen and oxygen atoms in total. The van der Waals surface area contributed by atoms with Crippen molar-refractivity contribution in [2.24, 2.45) is 11.8 Å². The highest BCUT2D eigenvalue weighted by Gasteiger charge is 2.23. The molecule has 17 heavy (non-hydrogen) atoms. The molecule has 0 radical (unpaired) electrons. The Hall–Kier alpha value is -1.33. The third kappa shape index (κ3) is 2.68. The van der Waals surface area contributed by atoms with E-state index in [4.69, 9.17) is 10.3 Å². The minimum absolute atomic E-state index is 0.292. The standard InChI is InChI=1S/C12H19N3O2/c1-2-9-3-5-15(7-9)8-11-10(4-6-17-11)12(16)14-13/h4,6,9H,2-3,5,7-8,13H2,1H3,(H,14,16). The summed E-state index contributed by atoms with van der Waals surface area (Å²) >= 11 is 0. The molecule has 1 aliphatic rings. The first-order valence-electron chi connectivity index (χ1n) is 6.04. The molecule has 0 aromatic carbocycles. The van der Waals surface area contributed by atoms with Gasteiger partial charge in [0.25, 0.3) is 5.91 Å². The fourth-order valence-electron chi connectivity index (χ4n) is 2.34. The van der Waals surface area contributed by atoms with Gasteiger partial charge >= 0.3 is 0 Å². The molecule has 0 bridgehead atoms. The molecular formula is C12H19N3O2. The molecule has 1 atom stereocenters. The van der Waals surface area contributed by atoms with Crippen molar-refractivity contribution >= 4 is 5.91 Å². The van der Waals surface area contributed by atoms with E-state index in [0.29, 0.717) is 17.9 Å². The fraction of sp³-hybridized carbons (Fsp3) is 0.583. The predicted octanol–water partition coefficient (Wildman–Crippen LogP) is 1.12. The number of nitrogen functional groups attached to an aromatic ring is 1. The van der Waals surface area contributed by atoms with Gasteiger partial charge in [0.2, 0.25) is 0 Å². The SMILES string of the molecule is CCC1CCN(Cc2occc2C(=O)NN)C1. The molecule has 5 heteroatoms. The molecule has 1 aromatic heterocycles. The minimum Gasteiger partial charge on any atom is -0.467 e. The Balaban J connectivity index is 2.00. The number of hydrogen-bond acceptors (Lipinski definition) is 4. The Labute approximate surface area is 101 Å². The van der Waals surface area contributed by atoms with Crippen LogP contribution in [0.1, 0.15) is 35.9 Å². The molecule has 2 heterocycles. The van der Waals surface area contributed by atoms with Gasteiger partial charge in [-0.1, -0.05) is 13.3 Å². The van der Waals surface area contributed by atoms with Crippen molar-refractivity contribution in [2.75, 3.05) is 13.1 Å². The van der Waals surface area contributed by atoms with Crippen LogP contribution < -0.4 is 11.3 Å². The molecule has 0 spiro atoms. The molecule has 3 N–H and O–H groups in total. The lowest BCUT2D eigenvalue weighted by Crippen LogP contribution is -2.31. The van der Waals surface area contributed by atoms with E-state index in [1.54, 1.807) is 6.07 Å². The summed E-state index contributed by atoms with van der Waals surface area (Å²) in [6.07, 6.45) is 3.98. The third-order valence-electron chi connectivity index (χ3n) is 3.44. The number of hydrazine groups is 1. The van der Waals surface area contributed by atoms with Gasteiger partial charge in [-0.2, -0.15) is 0 Å². The molecular weight excluding hydrogens is 218 g/mol. The Kier molecular flexibility index (Phi) is 3.81. The summed E-state index contributed by atoms with van der Waals surface area (Å²) in [4.78, 5) is 13.8. The first kappa shape index (κ1) is 12.1. The van der Waals surface area contributed by atoms with Gasteiger partial charge in [0, 0.05) is 6.54 Å². The first-order valence-corrected chi connectivity index (χ1v) is 6.04. The van der Waals surface area contributed by atoms with E-state index < -0.39 is 0 Å². The first-order chi connectivity index (χ1) is 8.24. The van der Waals surface area contributed by atoms with Gasteiger partial charge in [-0.3, -0.25) is 15.1 Å². The average Bonchev–Trinajstić information content (AvgIpc) is 2.97. The molecule has 2 rings (SSSR count). The molecule has 0 aliphatic carbocycles. The number of amides is 1. The number of nitrogens with two attached hydrogens (primary N) is 1. The number of furan rings is 1. The lowest BCUT2D eigenvalue weighted by molar-refractivity contribution is 0.0950. The summed E-state index contributed by atoms with van der Waals surface area (Å²) in [6, 6.07) is 1.66. The summed E-state index contributed by atoms with van der Waals surface area (Å²) in [6.45, 7) is 5.06. The van der Waals surface area contributed by atoms with Crippen LogP contribution in [-0.2, 0) is 6.54 Å². The zero-order valence-electron chi connectivity index (χ0n) is 10.1. The largest absolute Gasteiger partial charge is 0.467 e. The number of nitrogens with zero attached hydrogens (tertiary/aromatic N) is 1. The molecule has 1 amide bonds. The molecule has 1 aromatic rings. The Morgan fingerprint density at radius 3 is 3.18 bits per heavy atom. The van der Waals surface area contributed by atoms with Crippen molar-refractivity contribution < 1.29 is 9.21 Å². The van der Waals surface area contributed by atoms with Crippen LogP contribution in [0.5, 0.6) is 0 Å². The molecule has 94 valence electrons. The van der Waals surface area contributed by atoms with Gasteiger partial charge in [-0.25, -0.2) is 5.84 Å². The second-order valence-electron chi connectivity index (χ2n) is 4.53. The molecule has 1 aliphatic heterocycles. The van der Waals surface area contributed by atoms with E-state index in [-0.39, 0.29) is 5.91 Å². The number of carbonyl (C=O) groups is 1. The van der Waals surface area contributed by atoms with Gasteiger partial charge in [-0.05, 0) is 24.9 Å². The van der Waals surface area contributed by atoms with Crippen molar-refractivity contribution in [2.45, 2.75) is 26.3 Å². The zero-order valence-corrected chi connectivity index (χ0v) is 10.1. The summed E-state index contributed by atoms with van der Waals surface area (Å²) in [5, 5.41) is 0. The smallest absolute Gasteiger partial charge is 0.268 e. The van der Waals surface area contributed by atoms with Crippen molar-refractivity contribution in [3.8, 4) is 0 Å². The number of likely N-dealkylation sites (tertiary alicyclic amines) is 1. The number of hydrogen-bond donors (Lipinski definition) is 2. The van der Waals surface area contributed by atoms with E-state index in [2.05, 4.69) is 17.2 Å². The van der Waals surface area contributed by atoms with Crippen molar-refractivity contribution in [3.63, 3.8) is 0 Å². The quantitative estimate of drug-likeness (QED) is 0.467. The van der Waals surface area contributed by atoms with Crippen molar-refractivity contribution in [1.82, 2.24) is 10.3 Å². The van der Waals surface area contributed by atoms with E-state index in [1.165, 1.54) is 19.1 Å². The van der Waals surface area contributed by atoms with Crippen LogP contribution in [0.15, 0.2) is 16.7 Å². The van der Waals surface area contributed by atoms with Crippen LogP contribution in [0.4, 0.5) is 0 Å². The van der Waals surface area contributed by atoms with E-state index in [0.717, 1.165) is 19.0 Å². The van der Waals surface area contributed by atoms with Crippen LogP contribution in [0.2, 0.25) is 0 Å². The summed E-state index contributed by atoms with van der Waals surface area (Å²) in [5.41, 5.74) is 2.67. The van der Waals surface area contributed by atoms with E-state index in [1.807, 2.05) is 0 Å². The zero-order chi connectivity index (χ0) is 12.3. The van der Waals surface area contributed by atoms with Crippen molar-refractivity contribution in [1.29, 1.82) is 0 Å². The van der Waals surface area contributed by atoms with Crippen LogP contribution in [0.3, 0.4) is 0 Å². The van der Waals surface area contributed by atoms with Crippen LogP contribution >= 0.6 is 0 Å². The number of nitrogens with one attached hydrogen (secondary N) is 1. The van der Waals surface area contributed by atoms with Gasteiger partial charge in [-0.15, -0.1) is 0 Å². The second-order valence-corrected chi connectivity index (χ2v) is 4.53. The van der Waals surface area contributed by atoms with Crippen LogP contribution in [0.25, 0.3) is 0 Å². The van der Waals surface area contributed by atoms with Crippen molar-refractivity contribution in [3.05, 3.63) is 23.7 Å². The highest BCUT2D eigenvalue weighted by molar-refractivity contribution is 5.94. The maximum absolute atomic E-state index is 11.5. The number of carbonyl (C=O) groups excluding carboxylic acids is 1. The highest BCUT2D eigenvalue weighted by atomic mass is 16.3. The average molecular weight is 237 g/mol. The lowest BCUT2D eigenvalue weighted by atomic mass is 10.1. The second kappa shape index (κ2) is 5.33. The topological polar surface area (TPSA) is 71.5 Å². The summed E-state index contributed by atoms with van der Waals surface area (Å²) in [7, 11) is 0. The Bertz CT molecular complexity index is 389. The molecule has 1 unspecified atom stereocenters. The lowest BCUT2D eigenvalue weighted by Gasteiger charge is -2.14. The normalized spacial score (nSPS) is 20.7. The van der Waals surface area contributed by atoms with Gasteiger partial charge in [0.15, 0.2) is 0 Å². The Morgan fingerprint density at radius 1 is 1.71 bits per heavy atom. The van der Waals surface area contributed by atoms with E-state index >= 15 is 0 Å². The maximum atomic E-state index is 11.5. The van der Waals surface area contributed by atoms with Gasteiger partial charge in [0.1, 0.15) is 5.76 Å². The fourth-order valence-corrected chi connectivity index (χ4v) is 2.34. The summed E-state index contributed by atoms with van der Waals surface area (Å²) in [5.74, 6) is 6.31. The predicted molar refractivity (Wildman–Crippen MR) is 64.0 cm³/mol. The Morgan fingerprint density at radius 2 is 2.53 bits per heavy atom. The van der Waals surface area contributed by atoms with Crippen LogP contribution in [-0.4, -0.2) is 23.9 Å².